The fourth-order valence-electron chi connectivity index (χ4n) is 2.47. The maximum absolute atomic E-state index is 12.4. The molecular formula is C20H24F3N3O3. The van der Waals surface area contributed by atoms with Crippen molar-refractivity contribution >= 4 is 11.6 Å². The highest BCUT2D eigenvalue weighted by Crippen LogP contribution is 2.30. The van der Waals surface area contributed by atoms with Gasteiger partial charge in [-0.25, -0.2) is 0 Å². The van der Waals surface area contributed by atoms with Gasteiger partial charge in [-0.2, -0.15) is 13.2 Å². The van der Waals surface area contributed by atoms with Crippen LogP contribution in [0.4, 0.5) is 18.9 Å². The van der Waals surface area contributed by atoms with E-state index < -0.39 is 12.8 Å². The van der Waals surface area contributed by atoms with Gasteiger partial charge in [0, 0.05) is 30.9 Å². The molecule has 0 aliphatic carbocycles. The van der Waals surface area contributed by atoms with Gasteiger partial charge in [-0.05, 0) is 25.1 Å². The Morgan fingerprint density at radius 1 is 1.03 bits per heavy atom. The summed E-state index contributed by atoms with van der Waals surface area (Å²) >= 11 is 0. The number of alkyl halides is 3. The fraction of sp³-hybridized carbons (Fsp3) is 0.350. The first-order valence-corrected chi connectivity index (χ1v) is 8.92. The van der Waals surface area contributed by atoms with Crippen LogP contribution in [0.5, 0.6) is 17.2 Å². The molecule has 0 unspecified atom stereocenters. The third-order valence-electron chi connectivity index (χ3n) is 3.76. The average molecular weight is 411 g/mol. The van der Waals surface area contributed by atoms with Gasteiger partial charge in [-0.1, -0.05) is 18.2 Å². The van der Waals surface area contributed by atoms with Crippen molar-refractivity contribution in [2.45, 2.75) is 19.6 Å². The number of methoxy groups -OCH3 is 1. The zero-order chi connectivity index (χ0) is 21.3. The molecule has 0 saturated carbocycles. The van der Waals surface area contributed by atoms with Gasteiger partial charge in [-0.15, -0.1) is 0 Å². The van der Waals surface area contributed by atoms with E-state index in [2.05, 4.69) is 15.6 Å². The number of guanidine groups is 1. The third-order valence-corrected chi connectivity index (χ3v) is 3.76. The van der Waals surface area contributed by atoms with Crippen molar-refractivity contribution in [3.63, 3.8) is 0 Å². The first kappa shape index (κ1) is 22.2. The van der Waals surface area contributed by atoms with Crippen LogP contribution in [0.15, 0.2) is 47.5 Å². The summed E-state index contributed by atoms with van der Waals surface area (Å²) in [6.45, 7) is 1.28. The van der Waals surface area contributed by atoms with E-state index >= 15 is 0 Å². The molecule has 0 spiro atoms. The van der Waals surface area contributed by atoms with Crippen LogP contribution in [-0.2, 0) is 6.54 Å². The summed E-state index contributed by atoms with van der Waals surface area (Å²) in [5.41, 5.74) is 1.28. The first-order chi connectivity index (χ1) is 13.9. The third kappa shape index (κ3) is 7.10. The van der Waals surface area contributed by atoms with Crippen molar-refractivity contribution in [1.82, 2.24) is 5.32 Å². The molecule has 2 aromatic carbocycles. The van der Waals surface area contributed by atoms with Gasteiger partial charge in [0.2, 0.25) is 0 Å². The molecule has 2 aromatic rings. The second-order valence-corrected chi connectivity index (χ2v) is 5.86. The molecule has 0 bridgehead atoms. The summed E-state index contributed by atoms with van der Waals surface area (Å²) in [5.74, 6) is 1.79. The number of hydrogen-bond donors (Lipinski definition) is 2. The number of para-hydroxylation sites is 1. The lowest BCUT2D eigenvalue weighted by molar-refractivity contribution is -0.153. The minimum absolute atomic E-state index is 0.163. The molecule has 0 aliphatic rings. The number of benzene rings is 2. The number of aliphatic imine (C=N–C) groups is 1. The summed E-state index contributed by atoms with van der Waals surface area (Å²) in [7, 11) is 3.14. The second kappa shape index (κ2) is 10.4. The molecule has 0 amide bonds. The second-order valence-electron chi connectivity index (χ2n) is 5.86. The molecule has 2 N–H and O–H groups in total. The molecular weight excluding hydrogens is 387 g/mol. The van der Waals surface area contributed by atoms with Crippen LogP contribution >= 0.6 is 0 Å². The van der Waals surface area contributed by atoms with E-state index in [0.29, 0.717) is 35.3 Å². The molecule has 0 fully saturated rings. The Morgan fingerprint density at radius 2 is 1.79 bits per heavy atom. The molecule has 0 saturated heterocycles. The van der Waals surface area contributed by atoms with E-state index in [1.54, 1.807) is 50.6 Å². The van der Waals surface area contributed by atoms with Gasteiger partial charge in [-0.3, -0.25) is 4.99 Å². The monoisotopic (exact) mass is 411 g/mol. The largest absolute Gasteiger partial charge is 0.493 e. The lowest BCUT2D eigenvalue weighted by Gasteiger charge is -2.16. The fourth-order valence-corrected chi connectivity index (χ4v) is 2.47. The van der Waals surface area contributed by atoms with Crippen molar-refractivity contribution < 1.29 is 27.4 Å². The lowest BCUT2D eigenvalue weighted by atomic mass is 10.2. The normalized spacial score (nSPS) is 11.7. The predicted octanol–water partition coefficient (Wildman–Crippen LogP) is 4.22. The van der Waals surface area contributed by atoms with Crippen LogP contribution in [0.3, 0.4) is 0 Å². The number of halogens is 3. The molecule has 0 atom stereocenters. The number of rotatable bonds is 8. The number of nitrogens with zero attached hydrogens (tertiary/aromatic N) is 1. The van der Waals surface area contributed by atoms with Crippen LogP contribution < -0.4 is 24.8 Å². The maximum atomic E-state index is 12.4. The standard InChI is InChI=1S/C20H24F3N3O3/c1-4-28-17-10-9-15(11-18(17)27-3)26-19(24-2)25-12-14-7-5-6-8-16(14)29-13-20(21,22)23/h5-11H,4,12-13H2,1-3H3,(H2,24,25,26). The van der Waals surface area contributed by atoms with E-state index in [-0.39, 0.29) is 12.3 Å². The van der Waals surface area contributed by atoms with Crippen molar-refractivity contribution in [2.24, 2.45) is 4.99 Å². The lowest BCUT2D eigenvalue weighted by Crippen LogP contribution is -2.30. The van der Waals surface area contributed by atoms with E-state index in [0.717, 1.165) is 0 Å². The van der Waals surface area contributed by atoms with Crippen LogP contribution in [-0.4, -0.2) is 39.5 Å². The minimum atomic E-state index is -4.40. The summed E-state index contributed by atoms with van der Waals surface area (Å²) < 4.78 is 53.0. The SMILES string of the molecule is CCOc1ccc(NC(=NC)NCc2ccccc2OCC(F)(F)F)cc1OC. The Balaban J connectivity index is 2.03. The Bertz CT molecular complexity index is 826. The first-order valence-electron chi connectivity index (χ1n) is 8.92. The molecule has 158 valence electrons. The smallest absolute Gasteiger partial charge is 0.422 e. The summed E-state index contributed by atoms with van der Waals surface area (Å²) in [5, 5.41) is 6.16. The van der Waals surface area contributed by atoms with Gasteiger partial charge >= 0.3 is 6.18 Å². The molecule has 0 radical (unpaired) electrons. The summed E-state index contributed by atoms with van der Waals surface area (Å²) in [4.78, 5) is 4.13. The van der Waals surface area contributed by atoms with Crippen LogP contribution in [0.1, 0.15) is 12.5 Å². The van der Waals surface area contributed by atoms with E-state index in [1.165, 1.54) is 6.07 Å². The van der Waals surface area contributed by atoms with Gasteiger partial charge in [0.1, 0.15) is 5.75 Å². The van der Waals surface area contributed by atoms with Crippen LogP contribution in [0.25, 0.3) is 0 Å². The van der Waals surface area contributed by atoms with Crippen LogP contribution in [0, 0.1) is 0 Å². The molecule has 0 aromatic heterocycles. The topological polar surface area (TPSA) is 64.1 Å². The zero-order valence-electron chi connectivity index (χ0n) is 16.5. The van der Waals surface area contributed by atoms with Gasteiger partial charge in [0.15, 0.2) is 24.1 Å². The number of nitrogens with one attached hydrogen (secondary N) is 2. The van der Waals surface area contributed by atoms with Crippen molar-refractivity contribution in [3.8, 4) is 17.2 Å². The zero-order valence-corrected chi connectivity index (χ0v) is 16.5. The van der Waals surface area contributed by atoms with Gasteiger partial charge in [0.05, 0.1) is 13.7 Å². The van der Waals surface area contributed by atoms with E-state index in [4.69, 9.17) is 14.2 Å². The van der Waals surface area contributed by atoms with Crippen molar-refractivity contribution in [2.75, 3.05) is 32.7 Å². The molecule has 6 nitrogen and oxygen atoms in total. The Hall–Kier alpha value is -3.10. The molecule has 29 heavy (non-hydrogen) atoms. The number of ether oxygens (including phenoxy) is 3. The Kier molecular flexibility index (Phi) is 7.99. The highest BCUT2D eigenvalue weighted by molar-refractivity contribution is 5.93. The Morgan fingerprint density at radius 3 is 2.45 bits per heavy atom. The summed E-state index contributed by atoms with van der Waals surface area (Å²) in [6, 6.07) is 11.9. The van der Waals surface area contributed by atoms with E-state index in [1.807, 2.05) is 6.92 Å². The quantitative estimate of drug-likeness (QED) is 0.503. The van der Waals surface area contributed by atoms with Crippen molar-refractivity contribution in [1.29, 1.82) is 0 Å². The number of anilines is 1. The average Bonchev–Trinajstić information content (AvgIpc) is 2.70. The van der Waals surface area contributed by atoms with Crippen LogP contribution in [0.2, 0.25) is 0 Å². The maximum Gasteiger partial charge on any atom is 0.422 e. The highest BCUT2D eigenvalue weighted by atomic mass is 19.4. The molecule has 0 aliphatic heterocycles. The number of hydrogen-bond acceptors (Lipinski definition) is 4. The van der Waals surface area contributed by atoms with Gasteiger partial charge < -0.3 is 24.8 Å². The molecule has 2 rings (SSSR count). The van der Waals surface area contributed by atoms with Gasteiger partial charge in [0.25, 0.3) is 0 Å². The van der Waals surface area contributed by atoms with Crippen molar-refractivity contribution in [3.05, 3.63) is 48.0 Å². The molecule has 0 heterocycles. The summed E-state index contributed by atoms with van der Waals surface area (Å²) in [6.07, 6.45) is -4.40. The minimum Gasteiger partial charge on any atom is -0.493 e. The Labute approximate surface area is 167 Å². The van der Waals surface area contributed by atoms with E-state index in [9.17, 15) is 13.2 Å². The molecule has 9 heteroatoms. The highest BCUT2D eigenvalue weighted by Gasteiger charge is 2.28. The predicted molar refractivity (Wildman–Crippen MR) is 106 cm³/mol.